The predicted octanol–water partition coefficient (Wildman–Crippen LogP) is 4.48. The number of carboxylic acids is 1. The number of hydrogen-bond donors (Lipinski definition) is 2. The molecular weight excluding hydrogens is 337 g/mol. The Kier molecular flexibility index (Phi) is 5.36. The molecule has 1 aliphatic carbocycles. The summed E-state index contributed by atoms with van der Waals surface area (Å²) in [4.78, 5) is 23.6. The zero-order chi connectivity index (χ0) is 15.6. The van der Waals surface area contributed by atoms with Gasteiger partial charge in [-0.05, 0) is 25.0 Å². The van der Waals surface area contributed by atoms with Crippen LogP contribution in [0.15, 0.2) is 12.1 Å². The number of anilines is 1. The van der Waals surface area contributed by atoms with Crippen LogP contribution in [0.5, 0.6) is 0 Å². The number of carbonyl (C=O) groups excluding carboxylic acids is 1. The van der Waals surface area contributed by atoms with Crippen LogP contribution < -0.4 is 5.32 Å². The molecule has 2 atom stereocenters. The van der Waals surface area contributed by atoms with Crippen LogP contribution in [-0.2, 0) is 9.59 Å². The average Bonchev–Trinajstić information content (AvgIpc) is 2.42. The SMILES string of the molecule is O=C(O)[C@H]1CCCC[C@H]1C(=O)Nc1c(Cl)cc(Cl)cc1Cl. The molecule has 0 aliphatic heterocycles. The monoisotopic (exact) mass is 349 g/mol. The van der Waals surface area contributed by atoms with Gasteiger partial charge in [0.25, 0.3) is 0 Å². The molecule has 7 heteroatoms. The molecule has 4 nitrogen and oxygen atoms in total. The van der Waals surface area contributed by atoms with Gasteiger partial charge in [-0.2, -0.15) is 0 Å². The quantitative estimate of drug-likeness (QED) is 0.845. The van der Waals surface area contributed by atoms with Crippen LogP contribution in [-0.4, -0.2) is 17.0 Å². The number of benzene rings is 1. The summed E-state index contributed by atoms with van der Waals surface area (Å²) in [7, 11) is 0. The number of nitrogens with one attached hydrogen (secondary N) is 1. The fourth-order valence-corrected chi connectivity index (χ4v) is 3.53. The minimum Gasteiger partial charge on any atom is -0.481 e. The van der Waals surface area contributed by atoms with Crippen LogP contribution in [0.1, 0.15) is 25.7 Å². The van der Waals surface area contributed by atoms with E-state index in [0.717, 1.165) is 12.8 Å². The number of hydrogen-bond acceptors (Lipinski definition) is 2. The third kappa shape index (κ3) is 3.82. The Morgan fingerprint density at radius 3 is 2.10 bits per heavy atom. The number of halogens is 3. The molecular formula is C14H14Cl3NO3. The summed E-state index contributed by atoms with van der Waals surface area (Å²) < 4.78 is 0. The summed E-state index contributed by atoms with van der Waals surface area (Å²) >= 11 is 17.8. The van der Waals surface area contributed by atoms with Crippen LogP contribution in [0, 0.1) is 11.8 Å². The first-order chi connectivity index (χ1) is 9.90. The zero-order valence-electron chi connectivity index (χ0n) is 11.0. The van der Waals surface area contributed by atoms with E-state index in [1.54, 1.807) is 0 Å². The maximum Gasteiger partial charge on any atom is 0.307 e. The molecule has 1 aromatic carbocycles. The molecule has 114 valence electrons. The fourth-order valence-electron chi connectivity index (χ4n) is 2.62. The molecule has 0 unspecified atom stereocenters. The average molecular weight is 351 g/mol. The Hall–Kier alpha value is -0.970. The maximum absolute atomic E-state index is 12.3. The molecule has 2 rings (SSSR count). The smallest absolute Gasteiger partial charge is 0.307 e. The van der Waals surface area contributed by atoms with Crippen LogP contribution >= 0.6 is 34.8 Å². The van der Waals surface area contributed by atoms with Crippen molar-refractivity contribution in [3.8, 4) is 0 Å². The summed E-state index contributed by atoms with van der Waals surface area (Å²) in [6, 6.07) is 2.94. The van der Waals surface area contributed by atoms with Gasteiger partial charge in [-0.3, -0.25) is 9.59 Å². The van der Waals surface area contributed by atoms with E-state index in [0.29, 0.717) is 17.9 Å². The van der Waals surface area contributed by atoms with Crippen LogP contribution in [0.4, 0.5) is 5.69 Å². The summed E-state index contributed by atoms with van der Waals surface area (Å²) in [5, 5.41) is 12.7. The Bertz CT molecular complexity index is 554. The van der Waals surface area contributed by atoms with Crippen LogP contribution in [0.3, 0.4) is 0 Å². The second-order valence-electron chi connectivity index (χ2n) is 5.07. The lowest BCUT2D eigenvalue weighted by atomic mass is 9.78. The lowest BCUT2D eigenvalue weighted by Crippen LogP contribution is -2.36. The van der Waals surface area contributed by atoms with Crippen LogP contribution in [0.2, 0.25) is 15.1 Å². The summed E-state index contributed by atoms with van der Waals surface area (Å²) in [5.74, 6) is -2.54. The van der Waals surface area contributed by atoms with Crippen molar-refractivity contribution in [1.82, 2.24) is 0 Å². The Morgan fingerprint density at radius 2 is 1.57 bits per heavy atom. The highest BCUT2D eigenvalue weighted by molar-refractivity contribution is 6.42. The molecule has 1 saturated carbocycles. The first kappa shape index (κ1) is 16.4. The second-order valence-corrected chi connectivity index (χ2v) is 6.32. The molecule has 0 spiro atoms. The first-order valence-corrected chi connectivity index (χ1v) is 7.71. The summed E-state index contributed by atoms with van der Waals surface area (Å²) in [5.41, 5.74) is 0.266. The van der Waals surface area contributed by atoms with Crippen molar-refractivity contribution in [3.63, 3.8) is 0 Å². The van der Waals surface area contributed by atoms with Gasteiger partial charge >= 0.3 is 5.97 Å². The van der Waals surface area contributed by atoms with E-state index >= 15 is 0 Å². The van der Waals surface area contributed by atoms with Crippen molar-refractivity contribution in [3.05, 3.63) is 27.2 Å². The highest BCUT2D eigenvalue weighted by atomic mass is 35.5. The summed E-state index contributed by atoms with van der Waals surface area (Å²) in [6.07, 6.45) is 2.72. The standard InChI is InChI=1S/C14H14Cl3NO3/c15-7-5-10(16)12(11(17)6-7)18-13(19)8-3-1-2-4-9(8)14(20)21/h5-6,8-9H,1-4H2,(H,18,19)(H,20,21)/t8-,9+/m1/s1. The molecule has 0 bridgehead atoms. The van der Waals surface area contributed by atoms with Crippen molar-refractivity contribution in [2.75, 3.05) is 5.32 Å². The predicted molar refractivity (Wildman–Crippen MR) is 83.2 cm³/mol. The van der Waals surface area contributed by atoms with E-state index in [4.69, 9.17) is 34.8 Å². The van der Waals surface area contributed by atoms with E-state index in [-0.39, 0.29) is 21.6 Å². The van der Waals surface area contributed by atoms with Gasteiger partial charge in [0.05, 0.1) is 27.6 Å². The fraction of sp³-hybridized carbons (Fsp3) is 0.429. The molecule has 2 N–H and O–H groups in total. The lowest BCUT2D eigenvalue weighted by molar-refractivity contribution is -0.147. The Balaban J connectivity index is 2.19. The van der Waals surface area contributed by atoms with Crippen molar-refractivity contribution in [1.29, 1.82) is 0 Å². The van der Waals surface area contributed by atoms with Gasteiger partial charge in [-0.1, -0.05) is 47.6 Å². The molecule has 0 radical (unpaired) electrons. The number of carboxylic acid groups (broad SMARTS) is 1. The van der Waals surface area contributed by atoms with Gasteiger partial charge < -0.3 is 10.4 Å². The normalized spacial score (nSPS) is 21.9. The van der Waals surface area contributed by atoms with Gasteiger partial charge in [0.2, 0.25) is 5.91 Å². The molecule has 1 fully saturated rings. The molecule has 0 aromatic heterocycles. The van der Waals surface area contributed by atoms with E-state index in [2.05, 4.69) is 5.32 Å². The lowest BCUT2D eigenvalue weighted by Gasteiger charge is -2.27. The van der Waals surface area contributed by atoms with Crippen molar-refractivity contribution in [2.45, 2.75) is 25.7 Å². The first-order valence-electron chi connectivity index (χ1n) is 6.58. The van der Waals surface area contributed by atoms with E-state index in [1.165, 1.54) is 12.1 Å². The third-order valence-corrected chi connectivity index (χ3v) is 4.49. The third-order valence-electron chi connectivity index (χ3n) is 3.68. The van der Waals surface area contributed by atoms with Crippen molar-refractivity contribution in [2.24, 2.45) is 11.8 Å². The van der Waals surface area contributed by atoms with Crippen molar-refractivity contribution < 1.29 is 14.7 Å². The minimum absolute atomic E-state index is 0.225. The molecule has 21 heavy (non-hydrogen) atoms. The van der Waals surface area contributed by atoms with Crippen molar-refractivity contribution >= 4 is 52.4 Å². The number of carbonyl (C=O) groups is 2. The maximum atomic E-state index is 12.3. The number of aliphatic carboxylic acids is 1. The largest absolute Gasteiger partial charge is 0.481 e. The van der Waals surface area contributed by atoms with E-state index in [1.807, 2.05) is 0 Å². The second kappa shape index (κ2) is 6.86. The molecule has 1 aromatic rings. The highest BCUT2D eigenvalue weighted by Crippen LogP contribution is 2.36. The Morgan fingerprint density at radius 1 is 1.05 bits per heavy atom. The Labute approximate surface area is 137 Å². The number of rotatable bonds is 3. The summed E-state index contributed by atoms with van der Waals surface area (Å²) in [6.45, 7) is 0. The number of amides is 1. The van der Waals surface area contributed by atoms with Gasteiger partial charge in [0.15, 0.2) is 0 Å². The zero-order valence-corrected chi connectivity index (χ0v) is 13.3. The van der Waals surface area contributed by atoms with Gasteiger partial charge in [0, 0.05) is 5.02 Å². The van der Waals surface area contributed by atoms with E-state index < -0.39 is 17.8 Å². The van der Waals surface area contributed by atoms with E-state index in [9.17, 15) is 14.7 Å². The van der Waals surface area contributed by atoms with Gasteiger partial charge in [-0.25, -0.2) is 0 Å². The minimum atomic E-state index is -0.942. The topological polar surface area (TPSA) is 66.4 Å². The van der Waals surface area contributed by atoms with Gasteiger partial charge in [-0.15, -0.1) is 0 Å². The molecule has 1 aliphatic rings. The molecule has 0 saturated heterocycles. The van der Waals surface area contributed by atoms with Gasteiger partial charge in [0.1, 0.15) is 0 Å². The van der Waals surface area contributed by atoms with Crippen LogP contribution in [0.25, 0.3) is 0 Å². The highest BCUT2D eigenvalue weighted by Gasteiger charge is 2.36. The molecule has 1 amide bonds. The molecule has 0 heterocycles.